The second-order valence-electron chi connectivity index (χ2n) is 6.21. The highest BCUT2D eigenvalue weighted by Gasteiger charge is 2.31. The molecule has 108 valence electrons. The van der Waals surface area contributed by atoms with E-state index < -0.39 is 0 Å². The summed E-state index contributed by atoms with van der Waals surface area (Å²) in [4.78, 5) is 0.961. The summed E-state index contributed by atoms with van der Waals surface area (Å²) in [7, 11) is 0. The smallest absolute Gasteiger partial charge is 0.234 e. The van der Waals surface area contributed by atoms with Gasteiger partial charge in [0.2, 0.25) is 4.96 Å². The van der Waals surface area contributed by atoms with Gasteiger partial charge >= 0.3 is 0 Å². The molecule has 6 heteroatoms. The number of rotatable bonds is 3. The van der Waals surface area contributed by atoms with Crippen LogP contribution in [0, 0.1) is 5.92 Å². The first-order chi connectivity index (χ1) is 9.86. The van der Waals surface area contributed by atoms with Crippen LogP contribution in [0.5, 0.6) is 0 Å². The fraction of sp³-hybridized carbons (Fsp3) is 0.786. The zero-order valence-electron chi connectivity index (χ0n) is 11.7. The zero-order valence-corrected chi connectivity index (χ0v) is 12.5. The first kappa shape index (κ1) is 12.7. The first-order valence-electron chi connectivity index (χ1n) is 7.79. The van der Waals surface area contributed by atoms with Crippen molar-refractivity contribution in [3.05, 3.63) is 10.8 Å². The van der Waals surface area contributed by atoms with Crippen molar-refractivity contribution < 1.29 is 0 Å². The zero-order chi connectivity index (χ0) is 13.5. The van der Waals surface area contributed by atoms with Crippen LogP contribution in [0.25, 0.3) is 4.96 Å². The van der Waals surface area contributed by atoms with E-state index >= 15 is 0 Å². The highest BCUT2D eigenvalue weighted by Crippen LogP contribution is 2.40. The fourth-order valence-corrected chi connectivity index (χ4v) is 4.61. The second kappa shape index (κ2) is 5.07. The molecule has 0 amide bonds. The molecule has 2 aliphatic carbocycles. The minimum Gasteiger partial charge on any atom is -0.330 e. The van der Waals surface area contributed by atoms with Gasteiger partial charge in [-0.2, -0.15) is 9.61 Å². The van der Waals surface area contributed by atoms with Crippen molar-refractivity contribution in [1.82, 2.24) is 19.8 Å². The number of hydrogen-bond donors (Lipinski definition) is 1. The molecule has 0 aromatic carbocycles. The molecule has 2 saturated carbocycles. The van der Waals surface area contributed by atoms with Crippen LogP contribution in [-0.2, 0) is 0 Å². The van der Waals surface area contributed by atoms with Gasteiger partial charge in [0.25, 0.3) is 0 Å². The average Bonchev–Trinajstić information content (AvgIpc) is 2.99. The van der Waals surface area contributed by atoms with Crippen molar-refractivity contribution in [1.29, 1.82) is 0 Å². The Morgan fingerprint density at radius 2 is 1.95 bits per heavy atom. The van der Waals surface area contributed by atoms with E-state index in [1.54, 1.807) is 11.3 Å². The van der Waals surface area contributed by atoms with Crippen LogP contribution in [0.15, 0.2) is 0 Å². The van der Waals surface area contributed by atoms with Crippen LogP contribution < -0.4 is 5.73 Å². The predicted molar refractivity (Wildman–Crippen MR) is 79.0 cm³/mol. The number of nitrogens with zero attached hydrogens (tertiary/aromatic N) is 4. The number of hydrogen-bond acceptors (Lipinski definition) is 5. The fourth-order valence-electron chi connectivity index (χ4n) is 3.53. The molecule has 0 spiro atoms. The summed E-state index contributed by atoms with van der Waals surface area (Å²) in [5.41, 5.74) is 5.95. The Morgan fingerprint density at radius 1 is 1.10 bits per heavy atom. The number of nitrogens with two attached hydrogens (primary N) is 1. The number of fused-ring (bicyclic) bond motifs is 1. The van der Waals surface area contributed by atoms with Gasteiger partial charge in [0.05, 0.1) is 0 Å². The molecule has 20 heavy (non-hydrogen) atoms. The Hall–Kier alpha value is -1.01. The Kier molecular flexibility index (Phi) is 3.22. The molecule has 4 rings (SSSR count). The van der Waals surface area contributed by atoms with Gasteiger partial charge < -0.3 is 5.73 Å². The van der Waals surface area contributed by atoms with E-state index in [1.807, 2.05) is 4.52 Å². The van der Waals surface area contributed by atoms with Crippen LogP contribution in [0.4, 0.5) is 0 Å². The van der Waals surface area contributed by atoms with Crippen molar-refractivity contribution in [3.63, 3.8) is 0 Å². The van der Waals surface area contributed by atoms with Crippen molar-refractivity contribution in [2.75, 3.05) is 6.54 Å². The monoisotopic (exact) mass is 291 g/mol. The average molecular weight is 291 g/mol. The van der Waals surface area contributed by atoms with E-state index in [4.69, 9.17) is 10.8 Å². The summed E-state index contributed by atoms with van der Waals surface area (Å²) >= 11 is 1.72. The minimum atomic E-state index is 0.537. The lowest BCUT2D eigenvalue weighted by atomic mass is 9.80. The van der Waals surface area contributed by atoms with Crippen molar-refractivity contribution in [2.24, 2.45) is 11.7 Å². The lowest BCUT2D eigenvalue weighted by Gasteiger charge is -2.28. The molecule has 2 aliphatic rings. The topological polar surface area (TPSA) is 69.1 Å². The van der Waals surface area contributed by atoms with Crippen molar-refractivity contribution in [2.45, 2.75) is 56.8 Å². The van der Waals surface area contributed by atoms with E-state index in [0.717, 1.165) is 17.3 Å². The second-order valence-corrected chi connectivity index (χ2v) is 7.19. The summed E-state index contributed by atoms with van der Waals surface area (Å²) in [6.45, 7) is 0.778. The number of aromatic nitrogens is 4. The molecule has 0 bridgehead atoms. The Balaban J connectivity index is 1.67. The highest BCUT2D eigenvalue weighted by atomic mass is 32.1. The molecule has 0 saturated heterocycles. The lowest BCUT2D eigenvalue weighted by Crippen LogP contribution is -2.25. The van der Waals surface area contributed by atoms with Gasteiger partial charge in [-0.3, -0.25) is 0 Å². The Labute approximate surface area is 122 Å². The van der Waals surface area contributed by atoms with Gasteiger partial charge in [0, 0.05) is 11.8 Å². The van der Waals surface area contributed by atoms with Crippen molar-refractivity contribution >= 4 is 16.3 Å². The third-order valence-corrected chi connectivity index (χ3v) is 6.06. The van der Waals surface area contributed by atoms with E-state index in [0.29, 0.717) is 17.8 Å². The van der Waals surface area contributed by atoms with Gasteiger partial charge in [0.1, 0.15) is 5.01 Å². The van der Waals surface area contributed by atoms with Crippen LogP contribution in [0.1, 0.15) is 67.6 Å². The summed E-state index contributed by atoms with van der Waals surface area (Å²) in [6.07, 6.45) is 8.88. The SMILES string of the molecule is NCC1CCCCC1c1nn2c(C3CCC3)nnc2s1. The molecule has 5 nitrogen and oxygen atoms in total. The van der Waals surface area contributed by atoms with E-state index in [-0.39, 0.29) is 0 Å². The third-order valence-electron chi connectivity index (χ3n) is 5.03. The summed E-state index contributed by atoms with van der Waals surface area (Å²) in [6, 6.07) is 0. The van der Waals surface area contributed by atoms with Crippen LogP contribution in [-0.4, -0.2) is 26.4 Å². The lowest BCUT2D eigenvalue weighted by molar-refractivity contribution is 0.311. The van der Waals surface area contributed by atoms with Gasteiger partial charge in [-0.05, 0) is 38.1 Å². The first-order valence-corrected chi connectivity index (χ1v) is 8.60. The van der Waals surface area contributed by atoms with Gasteiger partial charge in [-0.15, -0.1) is 10.2 Å². The highest BCUT2D eigenvalue weighted by molar-refractivity contribution is 7.16. The van der Waals surface area contributed by atoms with E-state index in [2.05, 4.69) is 10.2 Å². The van der Waals surface area contributed by atoms with Gasteiger partial charge in [-0.25, -0.2) is 0 Å². The maximum atomic E-state index is 5.95. The summed E-state index contributed by atoms with van der Waals surface area (Å²) in [5.74, 6) is 2.79. The molecule has 2 fully saturated rings. The molecular weight excluding hydrogens is 270 g/mol. The predicted octanol–water partition coefficient (Wildman–Crippen LogP) is 2.69. The van der Waals surface area contributed by atoms with Crippen LogP contribution in [0.2, 0.25) is 0 Å². The summed E-state index contributed by atoms with van der Waals surface area (Å²) in [5, 5.41) is 14.7. The third kappa shape index (κ3) is 1.97. The van der Waals surface area contributed by atoms with E-state index in [9.17, 15) is 0 Å². The molecule has 2 atom stereocenters. The van der Waals surface area contributed by atoms with Crippen molar-refractivity contribution in [3.8, 4) is 0 Å². The normalized spacial score (nSPS) is 27.9. The molecule has 2 N–H and O–H groups in total. The molecular formula is C14H21N5S. The maximum Gasteiger partial charge on any atom is 0.234 e. The van der Waals surface area contributed by atoms with Crippen LogP contribution >= 0.6 is 11.3 Å². The Bertz CT molecular complexity index is 600. The summed E-state index contributed by atoms with van der Waals surface area (Å²) < 4.78 is 2.01. The molecule has 2 heterocycles. The minimum absolute atomic E-state index is 0.537. The molecule has 2 aromatic rings. The van der Waals surface area contributed by atoms with Crippen LogP contribution in [0.3, 0.4) is 0 Å². The Morgan fingerprint density at radius 3 is 2.70 bits per heavy atom. The van der Waals surface area contributed by atoms with E-state index in [1.165, 1.54) is 50.0 Å². The van der Waals surface area contributed by atoms with Gasteiger partial charge in [-0.1, -0.05) is 30.6 Å². The molecule has 2 aromatic heterocycles. The maximum absolute atomic E-state index is 5.95. The molecule has 0 radical (unpaired) electrons. The quantitative estimate of drug-likeness (QED) is 0.944. The molecule has 0 aliphatic heterocycles. The largest absolute Gasteiger partial charge is 0.330 e. The molecule has 2 unspecified atom stereocenters. The standard InChI is InChI=1S/C14H21N5S/c15-8-10-4-1-2-7-11(10)13-18-19-12(9-5-3-6-9)16-17-14(19)20-13/h9-11H,1-8,15H2. The van der Waals surface area contributed by atoms with Gasteiger partial charge in [0.15, 0.2) is 5.82 Å².